The van der Waals surface area contributed by atoms with Crippen LogP contribution in [-0.4, -0.2) is 50.3 Å². The number of nitrogens with zero attached hydrogens (tertiary/aromatic N) is 4. The zero-order chi connectivity index (χ0) is 22.6. The number of carbonyl (C=O) groups is 2. The average Bonchev–Trinajstić information content (AvgIpc) is 3.05. The minimum atomic E-state index is -0.502. The zero-order valence-corrected chi connectivity index (χ0v) is 18.6. The number of aryl methyl sites for hydroxylation is 1. The zero-order valence-electron chi connectivity index (χ0n) is 18.6. The summed E-state index contributed by atoms with van der Waals surface area (Å²) in [6.07, 6.45) is 1.22. The third kappa shape index (κ3) is 5.80. The van der Waals surface area contributed by atoms with Crippen LogP contribution in [0.3, 0.4) is 0 Å². The van der Waals surface area contributed by atoms with Crippen molar-refractivity contribution in [2.24, 2.45) is 0 Å². The van der Waals surface area contributed by atoms with Crippen molar-refractivity contribution in [2.45, 2.75) is 53.1 Å². The van der Waals surface area contributed by atoms with E-state index in [0.29, 0.717) is 30.2 Å². The summed E-state index contributed by atoms with van der Waals surface area (Å²) in [7, 11) is 0. The van der Waals surface area contributed by atoms with Gasteiger partial charge in [-0.3, -0.25) is 9.20 Å². The average molecular weight is 428 g/mol. The molecule has 0 atom stereocenters. The Morgan fingerprint density at radius 2 is 1.87 bits per heavy atom. The Balaban J connectivity index is 1.64. The summed E-state index contributed by atoms with van der Waals surface area (Å²) < 4.78 is 7.13. The lowest BCUT2D eigenvalue weighted by atomic mass is 10.2. The fourth-order valence-corrected chi connectivity index (χ4v) is 3.13. The van der Waals surface area contributed by atoms with Crippen molar-refractivity contribution in [3.05, 3.63) is 24.0 Å². The Bertz CT molecular complexity index is 1100. The molecule has 0 unspecified atom stereocenters. The first-order valence-electron chi connectivity index (χ1n) is 10.3. The first kappa shape index (κ1) is 22.3. The van der Waals surface area contributed by atoms with Crippen molar-refractivity contribution in [1.29, 1.82) is 0 Å². The highest BCUT2D eigenvalue weighted by molar-refractivity contribution is 5.92. The molecule has 3 aromatic rings. The van der Waals surface area contributed by atoms with Crippen LogP contribution in [0.2, 0.25) is 0 Å². The van der Waals surface area contributed by atoms with Gasteiger partial charge in [0, 0.05) is 25.7 Å². The summed E-state index contributed by atoms with van der Waals surface area (Å²) in [6, 6.07) is 5.53. The lowest BCUT2D eigenvalue weighted by Gasteiger charge is -2.19. The molecule has 0 aliphatic carbocycles. The molecule has 166 valence electrons. The fraction of sp³-hybridized carbons (Fsp3) is 0.476. The van der Waals surface area contributed by atoms with E-state index in [1.165, 1.54) is 6.92 Å². The Kier molecular flexibility index (Phi) is 6.57. The summed E-state index contributed by atoms with van der Waals surface area (Å²) in [6.45, 7) is 10.0. The number of amides is 2. The minimum absolute atomic E-state index is 0.136. The standard InChI is InChI=1S/C21H29N7O3/c1-13-26-27-19-18(22-10-6-7-11-23-20(30)31-21(3,4)5)25-16-9-8-15(24-14(2)29)12-17(16)28(13)19/h8-9,12H,6-7,10-11H2,1-5H3,(H,22,25)(H,23,30)(H,24,29). The smallest absolute Gasteiger partial charge is 0.407 e. The first-order chi connectivity index (χ1) is 14.6. The van der Waals surface area contributed by atoms with Crippen LogP contribution < -0.4 is 16.0 Å². The second-order valence-corrected chi connectivity index (χ2v) is 8.31. The molecular weight excluding hydrogens is 398 g/mol. The molecule has 2 aromatic heterocycles. The number of fused-ring (bicyclic) bond motifs is 3. The second kappa shape index (κ2) is 9.15. The molecule has 3 rings (SSSR count). The number of anilines is 2. The van der Waals surface area contributed by atoms with Crippen molar-refractivity contribution in [1.82, 2.24) is 24.9 Å². The Morgan fingerprint density at radius 3 is 2.58 bits per heavy atom. The molecule has 0 saturated carbocycles. The van der Waals surface area contributed by atoms with Crippen LogP contribution in [-0.2, 0) is 9.53 Å². The van der Waals surface area contributed by atoms with Crippen LogP contribution in [0.4, 0.5) is 16.3 Å². The number of benzene rings is 1. The van der Waals surface area contributed by atoms with Gasteiger partial charge in [-0.15, -0.1) is 10.2 Å². The molecule has 0 bridgehead atoms. The Labute approximate surface area is 180 Å². The van der Waals surface area contributed by atoms with E-state index in [0.717, 1.165) is 29.7 Å². The largest absolute Gasteiger partial charge is 0.444 e. The highest BCUT2D eigenvalue weighted by Crippen LogP contribution is 2.24. The van der Waals surface area contributed by atoms with E-state index in [-0.39, 0.29) is 5.91 Å². The molecule has 31 heavy (non-hydrogen) atoms. The van der Waals surface area contributed by atoms with Gasteiger partial charge >= 0.3 is 6.09 Å². The van der Waals surface area contributed by atoms with Gasteiger partial charge in [0.05, 0.1) is 11.0 Å². The van der Waals surface area contributed by atoms with Crippen LogP contribution >= 0.6 is 0 Å². The SMILES string of the molecule is CC(=O)Nc1ccc2nc(NCCCCNC(=O)OC(C)(C)C)c3nnc(C)n3c2c1. The van der Waals surface area contributed by atoms with E-state index < -0.39 is 11.7 Å². The molecule has 0 saturated heterocycles. The highest BCUT2D eigenvalue weighted by Gasteiger charge is 2.16. The van der Waals surface area contributed by atoms with Gasteiger partial charge in [0.1, 0.15) is 11.4 Å². The second-order valence-electron chi connectivity index (χ2n) is 8.31. The molecule has 3 N–H and O–H groups in total. The van der Waals surface area contributed by atoms with Gasteiger partial charge in [-0.1, -0.05) is 0 Å². The van der Waals surface area contributed by atoms with Gasteiger partial charge in [-0.2, -0.15) is 0 Å². The van der Waals surface area contributed by atoms with Gasteiger partial charge in [0.25, 0.3) is 0 Å². The van der Waals surface area contributed by atoms with Crippen molar-refractivity contribution < 1.29 is 14.3 Å². The number of alkyl carbamates (subject to hydrolysis) is 1. The summed E-state index contributed by atoms with van der Waals surface area (Å²) >= 11 is 0. The van der Waals surface area contributed by atoms with Crippen molar-refractivity contribution >= 4 is 40.2 Å². The molecule has 0 aliphatic heterocycles. The molecular formula is C21H29N7O3. The number of nitrogens with one attached hydrogen (secondary N) is 3. The maximum absolute atomic E-state index is 11.7. The lowest BCUT2D eigenvalue weighted by molar-refractivity contribution is -0.114. The number of hydrogen-bond acceptors (Lipinski definition) is 7. The van der Waals surface area contributed by atoms with E-state index in [4.69, 9.17) is 4.74 Å². The minimum Gasteiger partial charge on any atom is -0.444 e. The Hall–Kier alpha value is -3.43. The Morgan fingerprint density at radius 1 is 1.13 bits per heavy atom. The molecule has 10 heteroatoms. The van der Waals surface area contributed by atoms with E-state index in [2.05, 4.69) is 31.1 Å². The van der Waals surface area contributed by atoms with E-state index in [1.54, 1.807) is 0 Å². The highest BCUT2D eigenvalue weighted by atomic mass is 16.6. The predicted molar refractivity (Wildman–Crippen MR) is 119 cm³/mol. The van der Waals surface area contributed by atoms with Gasteiger partial charge in [0.15, 0.2) is 5.82 Å². The third-order valence-corrected chi connectivity index (χ3v) is 4.37. The number of rotatable bonds is 7. The molecule has 0 spiro atoms. The number of aromatic nitrogens is 4. The molecule has 1 aromatic carbocycles. The quantitative estimate of drug-likeness (QED) is 0.495. The maximum atomic E-state index is 11.7. The van der Waals surface area contributed by atoms with Crippen LogP contribution in [0.15, 0.2) is 18.2 Å². The number of ether oxygens (including phenoxy) is 1. The predicted octanol–water partition coefficient (Wildman–Crippen LogP) is 3.26. The molecule has 10 nitrogen and oxygen atoms in total. The number of hydrogen-bond donors (Lipinski definition) is 3. The number of unbranched alkanes of at least 4 members (excludes halogenated alkanes) is 1. The van der Waals surface area contributed by atoms with Crippen molar-refractivity contribution in [3.8, 4) is 0 Å². The molecule has 2 heterocycles. The van der Waals surface area contributed by atoms with Crippen LogP contribution in [0.5, 0.6) is 0 Å². The van der Waals surface area contributed by atoms with Gasteiger partial charge in [-0.25, -0.2) is 9.78 Å². The first-order valence-corrected chi connectivity index (χ1v) is 10.3. The van der Waals surface area contributed by atoms with Crippen LogP contribution in [0.25, 0.3) is 16.7 Å². The van der Waals surface area contributed by atoms with Crippen LogP contribution in [0, 0.1) is 6.92 Å². The van der Waals surface area contributed by atoms with E-state index in [9.17, 15) is 9.59 Å². The third-order valence-electron chi connectivity index (χ3n) is 4.37. The van der Waals surface area contributed by atoms with E-state index in [1.807, 2.05) is 50.3 Å². The topological polar surface area (TPSA) is 123 Å². The normalized spacial score (nSPS) is 11.5. The number of carbonyl (C=O) groups excluding carboxylic acids is 2. The van der Waals surface area contributed by atoms with Crippen molar-refractivity contribution in [2.75, 3.05) is 23.7 Å². The van der Waals surface area contributed by atoms with E-state index >= 15 is 0 Å². The monoisotopic (exact) mass is 427 g/mol. The van der Waals surface area contributed by atoms with Gasteiger partial charge in [0.2, 0.25) is 11.6 Å². The van der Waals surface area contributed by atoms with Gasteiger partial charge in [-0.05, 0) is 58.7 Å². The molecule has 0 fully saturated rings. The van der Waals surface area contributed by atoms with Crippen molar-refractivity contribution in [3.63, 3.8) is 0 Å². The lowest BCUT2D eigenvalue weighted by Crippen LogP contribution is -2.33. The molecule has 0 aliphatic rings. The van der Waals surface area contributed by atoms with Crippen LogP contribution in [0.1, 0.15) is 46.4 Å². The van der Waals surface area contributed by atoms with Gasteiger partial charge < -0.3 is 20.7 Å². The maximum Gasteiger partial charge on any atom is 0.407 e. The fourth-order valence-electron chi connectivity index (χ4n) is 3.13. The molecule has 2 amide bonds. The summed E-state index contributed by atoms with van der Waals surface area (Å²) in [4.78, 5) is 27.7. The summed E-state index contributed by atoms with van der Waals surface area (Å²) in [5.74, 6) is 1.23. The molecule has 0 radical (unpaired) electrons. The summed E-state index contributed by atoms with van der Waals surface area (Å²) in [5.41, 5.74) is 2.39. The summed E-state index contributed by atoms with van der Waals surface area (Å²) in [5, 5.41) is 17.3.